The molecule has 0 heterocycles. The second kappa shape index (κ2) is 3.31. The molecular weight excluding hydrogens is 196 g/mol. The predicted molar refractivity (Wildman–Crippen MR) is 64.9 cm³/mol. The van der Waals surface area contributed by atoms with Crippen LogP contribution in [0.3, 0.4) is 0 Å². The number of carbonyl (C=O) groups is 1. The van der Waals surface area contributed by atoms with Crippen LogP contribution in [0.25, 0.3) is 0 Å². The Morgan fingerprint density at radius 1 is 1.25 bits per heavy atom. The summed E-state index contributed by atoms with van der Waals surface area (Å²) in [5.74, 6) is 0.686. The van der Waals surface area contributed by atoms with E-state index in [1.807, 2.05) is 0 Å². The standard InChI is InChI=1S/C15H16O/c1-15-12(6-4-8-14(15)16)10-9-11-5-2-3-7-13(11)15/h2-3,5,7,9-10,13H,4,6,8H2,1H3/t13-,15+/m0/s1. The van der Waals surface area contributed by atoms with Crippen LogP contribution in [0.1, 0.15) is 26.2 Å². The molecule has 1 fully saturated rings. The first-order valence-corrected chi connectivity index (χ1v) is 6.02. The van der Waals surface area contributed by atoms with Crippen molar-refractivity contribution in [3.8, 4) is 0 Å². The minimum atomic E-state index is -0.260. The van der Waals surface area contributed by atoms with E-state index in [1.165, 1.54) is 11.1 Å². The molecule has 0 aromatic carbocycles. The van der Waals surface area contributed by atoms with Gasteiger partial charge in [0, 0.05) is 12.3 Å². The molecule has 82 valence electrons. The van der Waals surface area contributed by atoms with E-state index < -0.39 is 0 Å². The van der Waals surface area contributed by atoms with Gasteiger partial charge in [0.1, 0.15) is 5.78 Å². The molecule has 0 amide bonds. The summed E-state index contributed by atoms with van der Waals surface area (Å²) in [6.07, 6.45) is 15.6. The van der Waals surface area contributed by atoms with Gasteiger partial charge in [-0.1, -0.05) is 42.0 Å². The first-order valence-electron chi connectivity index (χ1n) is 6.02. The van der Waals surface area contributed by atoms with Gasteiger partial charge in [0.05, 0.1) is 5.41 Å². The zero-order valence-electron chi connectivity index (χ0n) is 9.57. The molecule has 0 unspecified atom stereocenters. The number of hydrogen-bond donors (Lipinski definition) is 0. The van der Waals surface area contributed by atoms with Crippen molar-refractivity contribution in [1.29, 1.82) is 0 Å². The second-order valence-electron chi connectivity index (χ2n) is 5.06. The minimum Gasteiger partial charge on any atom is -0.299 e. The third kappa shape index (κ3) is 1.14. The third-order valence-corrected chi connectivity index (χ3v) is 4.26. The average molecular weight is 212 g/mol. The lowest BCUT2D eigenvalue weighted by atomic mass is 9.58. The number of carbonyl (C=O) groups excluding carboxylic acids is 1. The average Bonchev–Trinajstić information content (AvgIpc) is 2.31. The Hall–Kier alpha value is -1.37. The Bertz CT molecular complexity index is 462. The van der Waals surface area contributed by atoms with Crippen LogP contribution in [0.5, 0.6) is 0 Å². The molecule has 0 aromatic rings. The molecule has 0 aliphatic heterocycles. The van der Waals surface area contributed by atoms with Crippen LogP contribution >= 0.6 is 0 Å². The first kappa shape index (κ1) is 9.83. The molecule has 0 N–H and O–H groups in total. The number of ketones is 1. The SMILES string of the molecule is C[C@@]12C(=O)CCCC1=CC=C1C=CC=C[C@@H]12. The van der Waals surface area contributed by atoms with Gasteiger partial charge in [-0.3, -0.25) is 4.79 Å². The molecule has 0 saturated heterocycles. The zero-order valence-corrected chi connectivity index (χ0v) is 9.57. The minimum absolute atomic E-state index is 0.260. The van der Waals surface area contributed by atoms with Crippen LogP contribution in [0.2, 0.25) is 0 Å². The van der Waals surface area contributed by atoms with Crippen molar-refractivity contribution in [2.24, 2.45) is 11.3 Å². The Morgan fingerprint density at radius 3 is 3.00 bits per heavy atom. The van der Waals surface area contributed by atoms with Gasteiger partial charge in [0.25, 0.3) is 0 Å². The van der Waals surface area contributed by atoms with Crippen LogP contribution in [-0.4, -0.2) is 5.78 Å². The molecule has 3 aliphatic rings. The van der Waals surface area contributed by atoms with Crippen molar-refractivity contribution < 1.29 is 4.79 Å². The number of fused-ring (bicyclic) bond motifs is 3. The third-order valence-electron chi connectivity index (χ3n) is 4.26. The van der Waals surface area contributed by atoms with Gasteiger partial charge in [-0.25, -0.2) is 0 Å². The lowest BCUT2D eigenvalue weighted by Gasteiger charge is -2.43. The molecule has 1 saturated carbocycles. The quantitative estimate of drug-likeness (QED) is 0.601. The number of rotatable bonds is 0. The van der Waals surface area contributed by atoms with Gasteiger partial charge in [-0.05, 0) is 25.3 Å². The van der Waals surface area contributed by atoms with Crippen LogP contribution in [0.4, 0.5) is 0 Å². The monoisotopic (exact) mass is 212 g/mol. The molecule has 2 atom stereocenters. The summed E-state index contributed by atoms with van der Waals surface area (Å²) < 4.78 is 0. The van der Waals surface area contributed by atoms with E-state index >= 15 is 0 Å². The summed E-state index contributed by atoms with van der Waals surface area (Å²) >= 11 is 0. The van der Waals surface area contributed by atoms with Crippen LogP contribution in [0.15, 0.2) is 47.6 Å². The Labute approximate surface area is 96.2 Å². The fourth-order valence-corrected chi connectivity index (χ4v) is 3.21. The Kier molecular flexibility index (Phi) is 2.03. The molecule has 0 bridgehead atoms. The molecule has 3 aliphatic carbocycles. The number of hydrogen-bond acceptors (Lipinski definition) is 1. The van der Waals surface area contributed by atoms with E-state index in [0.717, 1.165) is 19.3 Å². The Balaban J connectivity index is 2.14. The summed E-state index contributed by atoms with van der Waals surface area (Å²) in [6, 6.07) is 0. The van der Waals surface area contributed by atoms with Crippen molar-refractivity contribution in [2.75, 3.05) is 0 Å². The van der Waals surface area contributed by atoms with E-state index in [9.17, 15) is 4.79 Å². The fraction of sp³-hybridized carbons (Fsp3) is 0.400. The molecular formula is C15H16O. The molecule has 0 spiro atoms. The predicted octanol–water partition coefficient (Wildman–Crippen LogP) is 3.35. The lowest BCUT2D eigenvalue weighted by Crippen LogP contribution is -2.42. The van der Waals surface area contributed by atoms with Crippen molar-refractivity contribution in [3.05, 3.63) is 47.6 Å². The molecule has 0 radical (unpaired) electrons. The largest absolute Gasteiger partial charge is 0.299 e. The Morgan fingerprint density at radius 2 is 2.12 bits per heavy atom. The normalized spacial score (nSPS) is 36.3. The molecule has 1 heteroatoms. The maximum atomic E-state index is 12.3. The van der Waals surface area contributed by atoms with Gasteiger partial charge in [-0.2, -0.15) is 0 Å². The van der Waals surface area contributed by atoms with E-state index in [2.05, 4.69) is 43.4 Å². The van der Waals surface area contributed by atoms with Crippen molar-refractivity contribution in [2.45, 2.75) is 26.2 Å². The van der Waals surface area contributed by atoms with Crippen LogP contribution < -0.4 is 0 Å². The fourth-order valence-electron chi connectivity index (χ4n) is 3.21. The maximum Gasteiger partial charge on any atom is 0.143 e. The zero-order chi connectivity index (χ0) is 11.2. The lowest BCUT2D eigenvalue weighted by molar-refractivity contribution is -0.128. The summed E-state index contributed by atoms with van der Waals surface area (Å²) in [7, 11) is 0. The topological polar surface area (TPSA) is 17.1 Å². The molecule has 3 rings (SSSR count). The van der Waals surface area contributed by atoms with Crippen molar-refractivity contribution in [3.63, 3.8) is 0 Å². The highest BCUT2D eigenvalue weighted by molar-refractivity contribution is 5.90. The molecule has 16 heavy (non-hydrogen) atoms. The summed E-state index contributed by atoms with van der Waals surface area (Å²) in [6.45, 7) is 2.13. The summed E-state index contributed by atoms with van der Waals surface area (Å²) in [4.78, 5) is 12.3. The highest BCUT2D eigenvalue weighted by Gasteiger charge is 2.46. The number of allylic oxidation sites excluding steroid dienone is 8. The number of Topliss-reactive ketones (excluding diaryl/α,β-unsaturated/α-hetero) is 1. The second-order valence-corrected chi connectivity index (χ2v) is 5.06. The van der Waals surface area contributed by atoms with Gasteiger partial charge in [-0.15, -0.1) is 0 Å². The summed E-state index contributed by atoms with van der Waals surface area (Å²) in [5, 5.41) is 0. The molecule has 0 aromatic heterocycles. The first-order chi connectivity index (χ1) is 7.73. The van der Waals surface area contributed by atoms with Crippen LogP contribution in [0, 0.1) is 11.3 Å². The smallest absolute Gasteiger partial charge is 0.143 e. The van der Waals surface area contributed by atoms with E-state index in [4.69, 9.17) is 0 Å². The summed E-state index contributed by atoms with van der Waals surface area (Å²) in [5.41, 5.74) is 2.35. The van der Waals surface area contributed by atoms with E-state index in [-0.39, 0.29) is 11.3 Å². The van der Waals surface area contributed by atoms with Crippen molar-refractivity contribution >= 4 is 5.78 Å². The van der Waals surface area contributed by atoms with E-state index in [1.54, 1.807) is 0 Å². The van der Waals surface area contributed by atoms with Gasteiger partial charge < -0.3 is 0 Å². The highest BCUT2D eigenvalue weighted by Crippen LogP contribution is 2.50. The highest BCUT2D eigenvalue weighted by atomic mass is 16.1. The van der Waals surface area contributed by atoms with Gasteiger partial charge >= 0.3 is 0 Å². The van der Waals surface area contributed by atoms with Crippen molar-refractivity contribution in [1.82, 2.24) is 0 Å². The maximum absolute atomic E-state index is 12.3. The van der Waals surface area contributed by atoms with Gasteiger partial charge in [0.2, 0.25) is 0 Å². The van der Waals surface area contributed by atoms with E-state index in [0.29, 0.717) is 5.78 Å². The van der Waals surface area contributed by atoms with Crippen LogP contribution in [-0.2, 0) is 4.79 Å². The molecule has 1 nitrogen and oxygen atoms in total. The van der Waals surface area contributed by atoms with Gasteiger partial charge in [0.15, 0.2) is 0 Å².